The molecule has 2 rings (SSSR count). The van der Waals surface area contributed by atoms with E-state index < -0.39 is 54.0 Å². The van der Waals surface area contributed by atoms with Crippen molar-refractivity contribution in [3.05, 3.63) is 17.5 Å². The molecule has 0 bridgehead atoms. The minimum absolute atomic E-state index is 0.0345. The number of anilines is 1. The van der Waals surface area contributed by atoms with E-state index in [1.54, 1.807) is 0 Å². The van der Waals surface area contributed by atoms with Crippen molar-refractivity contribution in [2.45, 2.75) is 24.7 Å². The Bertz CT molecular complexity index is 655. The van der Waals surface area contributed by atoms with E-state index in [1.807, 2.05) is 0 Å². The van der Waals surface area contributed by atoms with Crippen LogP contribution in [0.3, 0.4) is 0 Å². The molecular formula is C13H15F3N4O5. The van der Waals surface area contributed by atoms with Crippen molar-refractivity contribution in [1.82, 2.24) is 15.3 Å². The molecule has 0 saturated carbocycles. The summed E-state index contributed by atoms with van der Waals surface area (Å²) in [5.74, 6) is -2.91. The number of carbonyl (C=O) groups excluding carboxylic acids is 1. The van der Waals surface area contributed by atoms with E-state index in [1.165, 1.54) is 0 Å². The first-order chi connectivity index (χ1) is 11.7. The maximum atomic E-state index is 13.0. The summed E-state index contributed by atoms with van der Waals surface area (Å²) in [7, 11) is 0. The molecule has 0 radical (unpaired) electrons. The second-order valence-corrected chi connectivity index (χ2v) is 5.17. The first-order valence-electron chi connectivity index (χ1n) is 7.10. The lowest BCUT2D eigenvalue weighted by Crippen LogP contribution is -2.51. The molecule has 0 unspecified atom stereocenters. The van der Waals surface area contributed by atoms with Gasteiger partial charge in [0.05, 0.1) is 24.3 Å². The van der Waals surface area contributed by atoms with E-state index >= 15 is 0 Å². The number of alkyl halides is 3. The van der Waals surface area contributed by atoms with Crippen molar-refractivity contribution in [1.29, 1.82) is 0 Å². The number of nitrogens with one attached hydrogen (secondary N) is 1. The van der Waals surface area contributed by atoms with Gasteiger partial charge < -0.3 is 25.6 Å². The van der Waals surface area contributed by atoms with Crippen LogP contribution in [0.4, 0.5) is 19.1 Å². The number of nitrogen functional groups attached to an aromatic ring is 1. The predicted molar refractivity (Wildman–Crippen MR) is 75.5 cm³/mol. The summed E-state index contributed by atoms with van der Waals surface area (Å²) >= 11 is 0. The number of carboxylic acid groups (broad SMARTS) is 1. The van der Waals surface area contributed by atoms with Crippen LogP contribution >= 0.6 is 0 Å². The first-order valence-corrected chi connectivity index (χ1v) is 7.10. The average molecular weight is 364 g/mol. The number of hydrogen-bond donors (Lipinski definition) is 3. The quantitative estimate of drug-likeness (QED) is 0.667. The highest BCUT2D eigenvalue weighted by Crippen LogP contribution is 2.30. The lowest BCUT2D eigenvalue weighted by atomic mass is 10.1. The molecule has 1 aromatic heterocycles. The van der Waals surface area contributed by atoms with Crippen LogP contribution in [-0.4, -0.2) is 58.9 Å². The molecule has 0 aromatic carbocycles. The molecule has 12 heteroatoms. The van der Waals surface area contributed by atoms with Crippen molar-refractivity contribution < 1.29 is 37.3 Å². The van der Waals surface area contributed by atoms with Crippen LogP contribution in [0.25, 0.3) is 0 Å². The van der Waals surface area contributed by atoms with E-state index in [0.717, 1.165) is 0 Å². The van der Waals surface area contributed by atoms with Crippen LogP contribution in [0.1, 0.15) is 22.5 Å². The predicted octanol–water partition coefficient (Wildman–Crippen LogP) is 0.0661. The number of halogens is 3. The highest BCUT2D eigenvalue weighted by molar-refractivity contribution is 5.95. The molecule has 1 amide bonds. The van der Waals surface area contributed by atoms with Crippen molar-refractivity contribution >= 4 is 17.8 Å². The minimum atomic E-state index is -4.90. The first kappa shape index (κ1) is 18.9. The molecule has 0 spiro atoms. The van der Waals surface area contributed by atoms with Crippen LogP contribution in [0.2, 0.25) is 0 Å². The normalized spacial score (nSPS) is 20.9. The molecule has 1 aliphatic heterocycles. The van der Waals surface area contributed by atoms with Crippen LogP contribution in [-0.2, 0) is 20.4 Å². The number of nitrogens with zero attached hydrogens (tertiary/aromatic N) is 2. The molecule has 1 aliphatic rings. The largest absolute Gasteiger partial charge is 0.480 e. The number of carboxylic acids is 1. The summed E-state index contributed by atoms with van der Waals surface area (Å²) < 4.78 is 49.3. The van der Waals surface area contributed by atoms with Gasteiger partial charge in [-0.1, -0.05) is 0 Å². The average Bonchev–Trinajstić information content (AvgIpc) is 2.53. The molecule has 2 atom stereocenters. The number of aromatic nitrogens is 2. The van der Waals surface area contributed by atoms with Gasteiger partial charge in [0.25, 0.3) is 5.91 Å². The van der Waals surface area contributed by atoms with Crippen LogP contribution < -0.4 is 11.1 Å². The van der Waals surface area contributed by atoms with Crippen molar-refractivity contribution in [3.8, 4) is 0 Å². The van der Waals surface area contributed by atoms with Gasteiger partial charge in [-0.3, -0.25) is 4.79 Å². The molecule has 0 aliphatic carbocycles. The Kier molecular flexibility index (Phi) is 5.74. The van der Waals surface area contributed by atoms with Crippen LogP contribution in [0, 0.1) is 0 Å². The molecule has 9 nitrogen and oxygen atoms in total. The summed E-state index contributed by atoms with van der Waals surface area (Å²) in [6, 6.07) is -0.820. The molecule has 1 saturated heterocycles. The second kappa shape index (κ2) is 7.61. The highest BCUT2D eigenvalue weighted by Gasteiger charge is 2.39. The SMILES string of the molecule is Nc1ncc(C(=O)N[C@@H]2COCC[C@@H]2OCC(=O)O)c(C(F)(F)F)n1. The van der Waals surface area contributed by atoms with Gasteiger partial charge in [0.15, 0.2) is 5.69 Å². The van der Waals surface area contributed by atoms with Crippen LogP contribution in [0.5, 0.6) is 0 Å². The molecule has 1 aromatic rings. The van der Waals surface area contributed by atoms with E-state index in [4.69, 9.17) is 20.3 Å². The zero-order valence-corrected chi connectivity index (χ0v) is 12.7. The van der Waals surface area contributed by atoms with Gasteiger partial charge >= 0.3 is 12.1 Å². The van der Waals surface area contributed by atoms with Crippen molar-refractivity contribution in [2.75, 3.05) is 25.6 Å². The van der Waals surface area contributed by atoms with Gasteiger partial charge in [-0.05, 0) is 6.42 Å². The van der Waals surface area contributed by atoms with E-state index in [9.17, 15) is 22.8 Å². The molecule has 4 N–H and O–H groups in total. The maximum Gasteiger partial charge on any atom is 0.434 e. The number of amides is 1. The Morgan fingerprint density at radius 3 is 2.84 bits per heavy atom. The van der Waals surface area contributed by atoms with E-state index in [0.29, 0.717) is 6.20 Å². The molecular weight excluding hydrogens is 349 g/mol. The Morgan fingerprint density at radius 2 is 2.20 bits per heavy atom. The fourth-order valence-corrected chi connectivity index (χ4v) is 2.25. The number of ether oxygens (including phenoxy) is 2. The highest BCUT2D eigenvalue weighted by atomic mass is 19.4. The Balaban J connectivity index is 2.16. The summed E-state index contributed by atoms with van der Waals surface area (Å²) in [6.45, 7) is -0.363. The number of aliphatic carboxylic acids is 1. The molecule has 2 heterocycles. The fraction of sp³-hybridized carbons (Fsp3) is 0.538. The Morgan fingerprint density at radius 1 is 1.48 bits per heavy atom. The zero-order chi connectivity index (χ0) is 18.6. The second-order valence-electron chi connectivity index (χ2n) is 5.17. The Hall–Kier alpha value is -2.47. The van der Waals surface area contributed by atoms with Gasteiger partial charge in [-0.15, -0.1) is 0 Å². The standard InChI is InChI=1S/C13H15F3N4O5/c14-13(15,16)10-6(3-18-12(17)20-10)11(23)19-7-4-24-2-1-8(7)25-5-9(21)22/h3,7-8H,1-2,4-5H2,(H,19,23)(H,21,22)(H2,17,18,20)/t7-,8+/m1/s1. The third kappa shape index (κ3) is 5.00. The third-order valence-electron chi connectivity index (χ3n) is 3.35. The summed E-state index contributed by atoms with van der Waals surface area (Å²) in [5, 5.41) is 11.0. The smallest absolute Gasteiger partial charge is 0.434 e. The Labute approximate surface area is 139 Å². The van der Waals surface area contributed by atoms with Gasteiger partial charge in [0.1, 0.15) is 6.61 Å². The monoisotopic (exact) mass is 364 g/mol. The lowest BCUT2D eigenvalue weighted by molar-refractivity contribution is -0.147. The molecule has 1 fully saturated rings. The van der Waals surface area contributed by atoms with Gasteiger partial charge in [0, 0.05) is 12.8 Å². The third-order valence-corrected chi connectivity index (χ3v) is 3.35. The molecule has 25 heavy (non-hydrogen) atoms. The topological polar surface area (TPSA) is 137 Å². The van der Waals surface area contributed by atoms with Crippen molar-refractivity contribution in [2.24, 2.45) is 0 Å². The maximum absolute atomic E-state index is 13.0. The number of carbonyl (C=O) groups is 2. The summed E-state index contributed by atoms with van der Waals surface area (Å²) in [4.78, 5) is 29.3. The number of hydrogen-bond acceptors (Lipinski definition) is 7. The molecule has 138 valence electrons. The number of nitrogens with two attached hydrogens (primary N) is 1. The lowest BCUT2D eigenvalue weighted by Gasteiger charge is -2.31. The van der Waals surface area contributed by atoms with Gasteiger partial charge in [-0.2, -0.15) is 13.2 Å². The van der Waals surface area contributed by atoms with E-state index in [-0.39, 0.29) is 19.6 Å². The summed E-state index contributed by atoms with van der Waals surface area (Å²) in [5.41, 5.74) is 2.89. The summed E-state index contributed by atoms with van der Waals surface area (Å²) in [6.07, 6.45) is -4.65. The van der Waals surface area contributed by atoms with Gasteiger partial charge in [-0.25, -0.2) is 14.8 Å². The fourth-order valence-electron chi connectivity index (χ4n) is 2.25. The van der Waals surface area contributed by atoms with Crippen LogP contribution in [0.15, 0.2) is 6.20 Å². The van der Waals surface area contributed by atoms with Crippen molar-refractivity contribution in [3.63, 3.8) is 0 Å². The zero-order valence-electron chi connectivity index (χ0n) is 12.7. The number of rotatable bonds is 5. The van der Waals surface area contributed by atoms with E-state index in [2.05, 4.69) is 15.3 Å². The minimum Gasteiger partial charge on any atom is -0.480 e. The van der Waals surface area contributed by atoms with Gasteiger partial charge in [0.2, 0.25) is 5.95 Å².